The molecule has 0 heterocycles. The van der Waals surface area contributed by atoms with Gasteiger partial charge in [0.25, 0.3) is 0 Å². The second-order valence-electron chi connectivity index (χ2n) is 6.18. The first kappa shape index (κ1) is 25.3. The number of hydrogen-bond donors (Lipinski definition) is 3. The summed E-state index contributed by atoms with van der Waals surface area (Å²) in [4.78, 5) is 4.49. The van der Waals surface area contributed by atoms with Gasteiger partial charge >= 0.3 is 0 Å². The lowest BCUT2D eigenvalue weighted by atomic mass is 10.1. The van der Waals surface area contributed by atoms with Crippen molar-refractivity contribution in [2.75, 3.05) is 33.9 Å². The topological polar surface area (TPSA) is 75.1 Å². The Balaban J connectivity index is 0.00000420. The van der Waals surface area contributed by atoms with Crippen LogP contribution in [0.1, 0.15) is 24.2 Å². The smallest absolute Gasteiger partial charge is 0.191 e. The SMILES string of the molecule is CCNC(=NCC(O)c1cc(OC)cc(OC)c1)NCCc1ccc(Cl)cc1.I. The number of aliphatic hydroxyl groups is 1. The Morgan fingerprint density at radius 3 is 2.24 bits per heavy atom. The van der Waals surface area contributed by atoms with Gasteiger partial charge in [-0.15, -0.1) is 24.0 Å². The number of hydrogen-bond acceptors (Lipinski definition) is 4. The molecule has 29 heavy (non-hydrogen) atoms. The molecule has 0 spiro atoms. The van der Waals surface area contributed by atoms with E-state index in [4.69, 9.17) is 21.1 Å². The Morgan fingerprint density at radius 1 is 1.07 bits per heavy atom. The van der Waals surface area contributed by atoms with Gasteiger partial charge in [0.05, 0.1) is 26.9 Å². The first-order valence-electron chi connectivity index (χ1n) is 9.23. The van der Waals surface area contributed by atoms with Crippen molar-refractivity contribution in [2.24, 2.45) is 4.99 Å². The highest BCUT2D eigenvalue weighted by molar-refractivity contribution is 14.0. The summed E-state index contributed by atoms with van der Waals surface area (Å²) >= 11 is 5.91. The molecule has 0 aliphatic heterocycles. The maximum atomic E-state index is 10.5. The quantitative estimate of drug-likeness (QED) is 0.260. The lowest BCUT2D eigenvalue weighted by molar-refractivity contribution is 0.186. The summed E-state index contributed by atoms with van der Waals surface area (Å²) in [5, 5.41) is 17.7. The van der Waals surface area contributed by atoms with E-state index < -0.39 is 6.10 Å². The molecule has 0 saturated carbocycles. The summed E-state index contributed by atoms with van der Waals surface area (Å²) in [6.45, 7) is 3.67. The third-order valence-electron chi connectivity index (χ3n) is 4.14. The summed E-state index contributed by atoms with van der Waals surface area (Å²) in [6.07, 6.45) is 0.0766. The van der Waals surface area contributed by atoms with Crippen LogP contribution < -0.4 is 20.1 Å². The average Bonchev–Trinajstić information content (AvgIpc) is 2.72. The summed E-state index contributed by atoms with van der Waals surface area (Å²) in [5.74, 6) is 1.92. The molecule has 1 unspecified atom stereocenters. The van der Waals surface area contributed by atoms with E-state index in [0.717, 1.165) is 24.5 Å². The highest BCUT2D eigenvalue weighted by Crippen LogP contribution is 2.26. The van der Waals surface area contributed by atoms with Crippen LogP contribution in [-0.4, -0.2) is 44.9 Å². The molecule has 2 aromatic carbocycles. The van der Waals surface area contributed by atoms with Gasteiger partial charge in [0.2, 0.25) is 0 Å². The largest absolute Gasteiger partial charge is 0.497 e. The molecule has 0 saturated heterocycles. The third-order valence-corrected chi connectivity index (χ3v) is 4.40. The summed E-state index contributed by atoms with van der Waals surface area (Å²) in [6, 6.07) is 13.1. The Bertz CT molecular complexity index is 750. The third kappa shape index (κ3) is 8.67. The number of rotatable bonds is 9. The van der Waals surface area contributed by atoms with Crippen molar-refractivity contribution in [2.45, 2.75) is 19.4 Å². The van der Waals surface area contributed by atoms with Crippen LogP contribution in [0.25, 0.3) is 0 Å². The predicted octanol–water partition coefficient (Wildman–Crippen LogP) is 3.81. The van der Waals surface area contributed by atoms with Crippen LogP contribution in [0, 0.1) is 0 Å². The molecule has 0 aliphatic rings. The van der Waals surface area contributed by atoms with E-state index in [0.29, 0.717) is 23.0 Å². The Labute approximate surface area is 194 Å². The molecule has 160 valence electrons. The van der Waals surface area contributed by atoms with Crippen LogP contribution in [0.5, 0.6) is 11.5 Å². The Kier molecular flexibility index (Phi) is 11.8. The number of guanidine groups is 1. The van der Waals surface area contributed by atoms with Crippen molar-refractivity contribution in [1.29, 1.82) is 0 Å². The molecular weight excluding hydrogens is 505 g/mol. The number of methoxy groups -OCH3 is 2. The van der Waals surface area contributed by atoms with Crippen LogP contribution in [0.4, 0.5) is 0 Å². The van der Waals surface area contributed by atoms with Crippen molar-refractivity contribution in [3.05, 3.63) is 58.6 Å². The highest BCUT2D eigenvalue weighted by atomic mass is 127. The van der Waals surface area contributed by atoms with Crippen molar-refractivity contribution >= 4 is 41.5 Å². The molecule has 2 aromatic rings. The fourth-order valence-electron chi connectivity index (χ4n) is 2.62. The van der Waals surface area contributed by atoms with Gasteiger partial charge in [0.1, 0.15) is 11.5 Å². The van der Waals surface area contributed by atoms with E-state index in [2.05, 4.69) is 15.6 Å². The summed E-state index contributed by atoms with van der Waals surface area (Å²) in [7, 11) is 3.16. The zero-order chi connectivity index (χ0) is 20.4. The molecule has 1 atom stereocenters. The van der Waals surface area contributed by atoms with E-state index in [1.54, 1.807) is 32.4 Å². The first-order valence-corrected chi connectivity index (χ1v) is 9.61. The van der Waals surface area contributed by atoms with Crippen molar-refractivity contribution < 1.29 is 14.6 Å². The molecule has 0 aliphatic carbocycles. The van der Waals surface area contributed by atoms with Gasteiger partial charge < -0.3 is 25.2 Å². The monoisotopic (exact) mass is 533 g/mol. The predicted molar refractivity (Wildman–Crippen MR) is 129 cm³/mol. The van der Waals surface area contributed by atoms with Crippen molar-refractivity contribution in [3.8, 4) is 11.5 Å². The van der Waals surface area contributed by atoms with Crippen molar-refractivity contribution in [3.63, 3.8) is 0 Å². The summed E-state index contributed by atoms with van der Waals surface area (Å²) in [5.41, 5.74) is 1.88. The molecule has 2 rings (SSSR count). The van der Waals surface area contributed by atoms with E-state index in [1.807, 2.05) is 31.2 Å². The van der Waals surface area contributed by atoms with E-state index >= 15 is 0 Å². The van der Waals surface area contributed by atoms with Crippen molar-refractivity contribution in [1.82, 2.24) is 10.6 Å². The Hall–Kier alpha value is -1.71. The lowest BCUT2D eigenvalue weighted by Gasteiger charge is -2.15. The highest BCUT2D eigenvalue weighted by Gasteiger charge is 2.11. The second-order valence-corrected chi connectivity index (χ2v) is 6.62. The molecule has 3 N–H and O–H groups in total. The molecule has 0 aromatic heterocycles. The van der Waals surface area contributed by atoms with Gasteiger partial charge in [-0.1, -0.05) is 23.7 Å². The fraction of sp³-hybridized carbons (Fsp3) is 0.381. The minimum Gasteiger partial charge on any atom is -0.497 e. The van der Waals surface area contributed by atoms with Gasteiger partial charge in [0.15, 0.2) is 5.96 Å². The number of benzene rings is 2. The number of ether oxygens (including phenoxy) is 2. The molecule has 0 radical (unpaired) electrons. The first-order chi connectivity index (χ1) is 13.5. The number of nitrogens with zero attached hydrogens (tertiary/aromatic N) is 1. The molecule has 0 fully saturated rings. The molecule has 6 nitrogen and oxygen atoms in total. The molecule has 0 amide bonds. The number of halogens is 2. The van der Waals surface area contributed by atoms with Crippen LogP contribution in [-0.2, 0) is 6.42 Å². The van der Waals surface area contributed by atoms with Crippen LogP contribution in [0.3, 0.4) is 0 Å². The number of aliphatic imine (C=N–C) groups is 1. The Morgan fingerprint density at radius 2 is 1.69 bits per heavy atom. The van der Waals surface area contributed by atoms with Crippen LogP contribution >= 0.6 is 35.6 Å². The van der Waals surface area contributed by atoms with E-state index in [1.165, 1.54) is 5.56 Å². The van der Waals surface area contributed by atoms with Gasteiger partial charge in [-0.3, -0.25) is 4.99 Å². The zero-order valence-electron chi connectivity index (χ0n) is 16.9. The van der Waals surface area contributed by atoms with Gasteiger partial charge in [0, 0.05) is 24.2 Å². The molecular formula is C21H29ClIN3O3. The standard InChI is InChI=1S/C21H28ClN3O3.HI/c1-4-23-21(24-10-9-15-5-7-17(22)8-6-15)25-14-20(26)16-11-18(27-2)13-19(12-16)28-3;/h5-8,11-13,20,26H,4,9-10,14H2,1-3H3,(H2,23,24,25);1H. The minimum atomic E-state index is -0.768. The molecule has 0 bridgehead atoms. The van der Waals surface area contributed by atoms with E-state index in [-0.39, 0.29) is 30.5 Å². The van der Waals surface area contributed by atoms with E-state index in [9.17, 15) is 5.11 Å². The van der Waals surface area contributed by atoms with Gasteiger partial charge in [-0.2, -0.15) is 0 Å². The maximum Gasteiger partial charge on any atom is 0.191 e. The average molecular weight is 534 g/mol. The van der Waals surface area contributed by atoms with Crippen LogP contribution in [0.15, 0.2) is 47.5 Å². The molecule has 8 heteroatoms. The maximum absolute atomic E-state index is 10.5. The van der Waals surface area contributed by atoms with Gasteiger partial charge in [-0.05, 0) is 48.7 Å². The van der Waals surface area contributed by atoms with Crippen LogP contribution in [0.2, 0.25) is 5.02 Å². The summed E-state index contributed by atoms with van der Waals surface area (Å²) < 4.78 is 10.5. The lowest BCUT2D eigenvalue weighted by Crippen LogP contribution is -2.38. The normalized spacial score (nSPS) is 12.0. The second kappa shape index (κ2) is 13.5. The zero-order valence-corrected chi connectivity index (χ0v) is 20.0. The minimum absolute atomic E-state index is 0. The fourth-order valence-corrected chi connectivity index (χ4v) is 2.75. The van der Waals surface area contributed by atoms with Gasteiger partial charge in [-0.25, -0.2) is 0 Å². The number of aliphatic hydroxyl groups excluding tert-OH is 1. The number of nitrogens with one attached hydrogen (secondary N) is 2.